The SMILES string of the molecule is Brc1cccc2nc(-c3ccccn3)c(NC3CCCCC3)n12. The van der Waals surface area contributed by atoms with Crippen LogP contribution in [0.1, 0.15) is 32.1 Å². The molecule has 0 atom stereocenters. The molecule has 4 rings (SSSR count). The third-order valence-corrected chi connectivity index (χ3v) is 5.07. The van der Waals surface area contributed by atoms with Crippen molar-refractivity contribution < 1.29 is 0 Å². The minimum absolute atomic E-state index is 0.512. The highest BCUT2D eigenvalue weighted by Gasteiger charge is 2.20. The molecule has 0 spiro atoms. The van der Waals surface area contributed by atoms with Crippen LogP contribution in [0.25, 0.3) is 17.0 Å². The van der Waals surface area contributed by atoms with E-state index in [1.165, 1.54) is 32.1 Å². The Morgan fingerprint density at radius 3 is 2.70 bits per heavy atom. The maximum Gasteiger partial charge on any atom is 0.141 e. The zero-order valence-corrected chi connectivity index (χ0v) is 14.5. The van der Waals surface area contributed by atoms with Gasteiger partial charge in [-0.1, -0.05) is 31.4 Å². The number of anilines is 1. The monoisotopic (exact) mass is 370 g/mol. The average molecular weight is 371 g/mol. The van der Waals surface area contributed by atoms with E-state index in [0.717, 1.165) is 27.5 Å². The molecule has 1 N–H and O–H groups in total. The number of pyridine rings is 2. The number of imidazole rings is 1. The fraction of sp³-hybridized carbons (Fsp3) is 0.333. The van der Waals surface area contributed by atoms with Crippen molar-refractivity contribution >= 4 is 27.4 Å². The van der Waals surface area contributed by atoms with Crippen molar-refractivity contribution in [2.45, 2.75) is 38.1 Å². The Bertz CT molecular complexity index is 807. The van der Waals surface area contributed by atoms with Gasteiger partial charge in [-0.05, 0) is 53.0 Å². The van der Waals surface area contributed by atoms with E-state index < -0.39 is 0 Å². The molecule has 1 aliphatic rings. The zero-order valence-electron chi connectivity index (χ0n) is 12.9. The molecule has 1 fully saturated rings. The Morgan fingerprint density at radius 2 is 1.91 bits per heavy atom. The molecule has 0 saturated heterocycles. The van der Waals surface area contributed by atoms with Gasteiger partial charge < -0.3 is 5.32 Å². The second-order valence-corrected chi connectivity index (χ2v) is 6.86. The molecular weight excluding hydrogens is 352 g/mol. The first kappa shape index (κ1) is 14.7. The van der Waals surface area contributed by atoms with Gasteiger partial charge in [-0.3, -0.25) is 9.38 Å². The van der Waals surface area contributed by atoms with Crippen molar-refractivity contribution in [1.29, 1.82) is 0 Å². The van der Waals surface area contributed by atoms with E-state index in [1.54, 1.807) is 0 Å². The molecule has 0 aliphatic heterocycles. The molecule has 1 aliphatic carbocycles. The largest absolute Gasteiger partial charge is 0.367 e. The van der Waals surface area contributed by atoms with E-state index in [4.69, 9.17) is 4.98 Å². The van der Waals surface area contributed by atoms with Crippen molar-refractivity contribution in [3.05, 3.63) is 47.2 Å². The maximum atomic E-state index is 4.82. The lowest BCUT2D eigenvalue weighted by molar-refractivity contribution is 0.461. The third-order valence-electron chi connectivity index (χ3n) is 4.45. The molecule has 5 heteroatoms. The second kappa shape index (κ2) is 6.32. The molecule has 118 valence electrons. The smallest absolute Gasteiger partial charge is 0.141 e. The van der Waals surface area contributed by atoms with Gasteiger partial charge in [0, 0.05) is 12.2 Å². The van der Waals surface area contributed by atoms with Gasteiger partial charge in [-0.2, -0.15) is 0 Å². The van der Waals surface area contributed by atoms with Crippen LogP contribution in [-0.4, -0.2) is 20.4 Å². The number of hydrogen-bond donors (Lipinski definition) is 1. The molecule has 23 heavy (non-hydrogen) atoms. The summed E-state index contributed by atoms with van der Waals surface area (Å²) in [7, 11) is 0. The number of nitrogens with zero attached hydrogens (tertiary/aromatic N) is 3. The normalized spacial score (nSPS) is 15.9. The number of aromatic nitrogens is 3. The van der Waals surface area contributed by atoms with Crippen molar-refractivity contribution in [2.75, 3.05) is 5.32 Å². The van der Waals surface area contributed by atoms with Crippen LogP contribution < -0.4 is 5.32 Å². The number of fused-ring (bicyclic) bond motifs is 1. The lowest BCUT2D eigenvalue weighted by atomic mass is 9.95. The summed E-state index contributed by atoms with van der Waals surface area (Å²) in [5.41, 5.74) is 2.75. The van der Waals surface area contributed by atoms with Gasteiger partial charge in [-0.15, -0.1) is 0 Å². The number of rotatable bonds is 3. The Kier molecular flexibility index (Phi) is 4.04. The maximum absolute atomic E-state index is 4.82. The summed E-state index contributed by atoms with van der Waals surface area (Å²) >= 11 is 3.66. The van der Waals surface area contributed by atoms with Crippen LogP contribution in [0.15, 0.2) is 47.2 Å². The van der Waals surface area contributed by atoms with Gasteiger partial charge in [0.05, 0.1) is 10.3 Å². The Labute approximate surface area is 144 Å². The zero-order chi connectivity index (χ0) is 15.6. The van der Waals surface area contributed by atoms with Gasteiger partial charge >= 0.3 is 0 Å². The van der Waals surface area contributed by atoms with E-state index in [1.807, 2.05) is 42.6 Å². The van der Waals surface area contributed by atoms with Crippen LogP contribution in [-0.2, 0) is 0 Å². The van der Waals surface area contributed by atoms with Crippen molar-refractivity contribution in [2.24, 2.45) is 0 Å². The van der Waals surface area contributed by atoms with Crippen molar-refractivity contribution in [1.82, 2.24) is 14.4 Å². The molecule has 0 bridgehead atoms. The molecule has 3 heterocycles. The van der Waals surface area contributed by atoms with Gasteiger partial charge in [-0.25, -0.2) is 4.98 Å². The van der Waals surface area contributed by atoms with Crippen LogP contribution in [0.3, 0.4) is 0 Å². The predicted octanol–water partition coefficient (Wildman–Crippen LogP) is 4.90. The van der Waals surface area contributed by atoms with Crippen molar-refractivity contribution in [3.8, 4) is 11.4 Å². The fourth-order valence-electron chi connectivity index (χ4n) is 3.31. The molecule has 0 unspecified atom stereocenters. The summed E-state index contributed by atoms with van der Waals surface area (Å²) in [5.74, 6) is 1.04. The van der Waals surface area contributed by atoms with Crippen LogP contribution in [0.5, 0.6) is 0 Å². The van der Waals surface area contributed by atoms with Gasteiger partial charge in [0.15, 0.2) is 0 Å². The Hall–Kier alpha value is -1.88. The number of halogens is 1. The molecule has 0 amide bonds. The first-order valence-corrected chi connectivity index (χ1v) is 8.97. The second-order valence-electron chi connectivity index (χ2n) is 6.05. The molecular formula is C18H19BrN4. The van der Waals surface area contributed by atoms with Crippen LogP contribution >= 0.6 is 15.9 Å². The minimum atomic E-state index is 0.512. The summed E-state index contributed by atoms with van der Waals surface area (Å²) in [6.45, 7) is 0. The molecule has 0 radical (unpaired) electrons. The highest BCUT2D eigenvalue weighted by Crippen LogP contribution is 2.32. The summed E-state index contributed by atoms with van der Waals surface area (Å²) < 4.78 is 3.14. The quantitative estimate of drug-likeness (QED) is 0.666. The van der Waals surface area contributed by atoms with Crippen LogP contribution in [0.4, 0.5) is 5.82 Å². The summed E-state index contributed by atoms with van der Waals surface area (Å²) in [6.07, 6.45) is 8.21. The standard InChI is InChI=1S/C18H19BrN4/c19-15-10-6-11-16-22-17(14-9-4-5-12-20-14)18(23(15)16)21-13-7-2-1-3-8-13/h4-6,9-13,21H,1-3,7-8H2. The van der Waals surface area contributed by atoms with Crippen LogP contribution in [0, 0.1) is 0 Å². The Balaban J connectivity index is 1.84. The number of hydrogen-bond acceptors (Lipinski definition) is 3. The lowest BCUT2D eigenvalue weighted by Crippen LogP contribution is -2.23. The fourth-order valence-corrected chi connectivity index (χ4v) is 3.82. The van der Waals surface area contributed by atoms with Crippen LogP contribution in [0.2, 0.25) is 0 Å². The van der Waals surface area contributed by atoms with Gasteiger partial charge in [0.1, 0.15) is 17.2 Å². The molecule has 3 aromatic heterocycles. The third kappa shape index (κ3) is 2.85. The van der Waals surface area contributed by atoms with Gasteiger partial charge in [0.25, 0.3) is 0 Å². The first-order valence-electron chi connectivity index (χ1n) is 8.18. The van der Waals surface area contributed by atoms with E-state index in [-0.39, 0.29) is 0 Å². The summed E-state index contributed by atoms with van der Waals surface area (Å²) in [4.78, 5) is 9.31. The Morgan fingerprint density at radius 1 is 1.04 bits per heavy atom. The van der Waals surface area contributed by atoms with Gasteiger partial charge in [0.2, 0.25) is 0 Å². The van der Waals surface area contributed by atoms with E-state index in [0.29, 0.717) is 6.04 Å². The molecule has 0 aromatic carbocycles. The molecule has 4 nitrogen and oxygen atoms in total. The summed E-state index contributed by atoms with van der Waals surface area (Å²) in [6, 6.07) is 12.6. The highest BCUT2D eigenvalue weighted by molar-refractivity contribution is 9.10. The minimum Gasteiger partial charge on any atom is -0.367 e. The summed E-state index contributed by atoms with van der Waals surface area (Å²) in [5, 5.41) is 3.74. The number of nitrogens with one attached hydrogen (secondary N) is 1. The lowest BCUT2D eigenvalue weighted by Gasteiger charge is -2.24. The highest BCUT2D eigenvalue weighted by atomic mass is 79.9. The first-order chi connectivity index (χ1) is 11.3. The predicted molar refractivity (Wildman–Crippen MR) is 96.6 cm³/mol. The van der Waals surface area contributed by atoms with E-state index in [9.17, 15) is 0 Å². The average Bonchev–Trinajstić information content (AvgIpc) is 2.96. The molecule has 1 saturated carbocycles. The van der Waals surface area contributed by atoms with E-state index >= 15 is 0 Å². The van der Waals surface area contributed by atoms with Crippen molar-refractivity contribution in [3.63, 3.8) is 0 Å². The molecule has 3 aromatic rings. The topological polar surface area (TPSA) is 42.2 Å². The van der Waals surface area contributed by atoms with E-state index in [2.05, 4.69) is 30.6 Å².